The van der Waals surface area contributed by atoms with E-state index in [9.17, 15) is 4.79 Å². The highest BCUT2D eigenvalue weighted by molar-refractivity contribution is 7.80. The number of rotatable bonds is 4. The van der Waals surface area contributed by atoms with E-state index in [1.54, 1.807) is 6.07 Å². The molecule has 0 aliphatic rings. The lowest BCUT2D eigenvalue weighted by Crippen LogP contribution is -2.25. The maximum Gasteiger partial charge on any atom is 0.266 e. The van der Waals surface area contributed by atoms with Gasteiger partial charge in [-0.1, -0.05) is 25.6 Å². The molecule has 0 unspecified atom stereocenters. The van der Waals surface area contributed by atoms with Crippen molar-refractivity contribution in [1.82, 2.24) is 9.78 Å². The number of unbranched alkanes of at least 4 members (excludes halogenated alkanes) is 1. The van der Waals surface area contributed by atoms with Gasteiger partial charge < -0.3 is 5.73 Å². The molecule has 0 aromatic carbocycles. The monoisotopic (exact) mass is 211 g/mol. The van der Waals surface area contributed by atoms with Crippen LogP contribution < -0.4 is 11.3 Å². The van der Waals surface area contributed by atoms with Crippen molar-refractivity contribution in [2.45, 2.75) is 26.3 Å². The summed E-state index contributed by atoms with van der Waals surface area (Å²) in [6.07, 6.45) is 1.94. The fourth-order valence-electron chi connectivity index (χ4n) is 1.05. The maximum absolute atomic E-state index is 11.3. The van der Waals surface area contributed by atoms with Gasteiger partial charge in [-0.2, -0.15) is 5.10 Å². The van der Waals surface area contributed by atoms with E-state index in [4.69, 9.17) is 18.0 Å². The van der Waals surface area contributed by atoms with Gasteiger partial charge in [0.05, 0.1) is 0 Å². The van der Waals surface area contributed by atoms with Crippen LogP contribution >= 0.6 is 12.2 Å². The van der Waals surface area contributed by atoms with Gasteiger partial charge in [-0.25, -0.2) is 4.68 Å². The van der Waals surface area contributed by atoms with Gasteiger partial charge in [-0.05, 0) is 12.5 Å². The summed E-state index contributed by atoms with van der Waals surface area (Å²) in [7, 11) is 0. The van der Waals surface area contributed by atoms with E-state index >= 15 is 0 Å². The molecule has 0 saturated heterocycles. The van der Waals surface area contributed by atoms with Gasteiger partial charge in [-0.15, -0.1) is 0 Å². The Morgan fingerprint density at radius 2 is 2.36 bits per heavy atom. The van der Waals surface area contributed by atoms with Crippen molar-refractivity contribution >= 4 is 17.2 Å². The lowest BCUT2D eigenvalue weighted by Gasteiger charge is -2.04. The standard InChI is InChI=1S/C9H13N3OS/c1-2-3-6-12-8(13)5-4-7(11-12)9(10)14/h4-5H,2-3,6H2,1H3,(H2,10,14). The van der Waals surface area contributed by atoms with Crippen molar-refractivity contribution in [2.24, 2.45) is 5.73 Å². The Morgan fingerprint density at radius 3 is 2.93 bits per heavy atom. The van der Waals surface area contributed by atoms with E-state index < -0.39 is 0 Å². The van der Waals surface area contributed by atoms with Gasteiger partial charge in [0.15, 0.2) is 0 Å². The lowest BCUT2D eigenvalue weighted by atomic mass is 10.3. The fourth-order valence-corrected chi connectivity index (χ4v) is 1.16. The molecule has 0 aliphatic heterocycles. The summed E-state index contributed by atoms with van der Waals surface area (Å²) in [4.78, 5) is 11.5. The van der Waals surface area contributed by atoms with E-state index in [1.807, 2.05) is 0 Å². The summed E-state index contributed by atoms with van der Waals surface area (Å²) >= 11 is 4.78. The van der Waals surface area contributed by atoms with Gasteiger partial charge in [0, 0.05) is 12.6 Å². The van der Waals surface area contributed by atoms with Gasteiger partial charge >= 0.3 is 0 Å². The summed E-state index contributed by atoms with van der Waals surface area (Å²) < 4.78 is 1.40. The van der Waals surface area contributed by atoms with Gasteiger partial charge in [-0.3, -0.25) is 4.79 Å². The van der Waals surface area contributed by atoms with Crippen LogP contribution in [0, 0.1) is 0 Å². The number of nitrogens with zero attached hydrogens (tertiary/aromatic N) is 2. The Labute approximate surface area is 87.7 Å². The lowest BCUT2D eigenvalue weighted by molar-refractivity contribution is 0.541. The molecule has 0 amide bonds. The predicted molar refractivity (Wildman–Crippen MR) is 59.3 cm³/mol. The maximum atomic E-state index is 11.3. The Morgan fingerprint density at radius 1 is 1.64 bits per heavy atom. The molecule has 1 heterocycles. The summed E-state index contributed by atoms with van der Waals surface area (Å²) in [5.41, 5.74) is 5.80. The molecule has 0 radical (unpaired) electrons. The Kier molecular flexibility index (Phi) is 3.76. The van der Waals surface area contributed by atoms with Crippen molar-refractivity contribution in [3.63, 3.8) is 0 Å². The highest BCUT2D eigenvalue weighted by Crippen LogP contribution is 1.93. The topological polar surface area (TPSA) is 60.9 Å². The number of aromatic nitrogens is 2. The predicted octanol–water partition coefficient (Wildman–Crippen LogP) is 0.678. The molecule has 2 N–H and O–H groups in total. The molecule has 0 bridgehead atoms. The molecule has 14 heavy (non-hydrogen) atoms. The molecular formula is C9H13N3OS. The third-order valence-corrected chi connectivity index (χ3v) is 2.05. The van der Waals surface area contributed by atoms with Gasteiger partial charge in [0.2, 0.25) is 0 Å². The van der Waals surface area contributed by atoms with Gasteiger partial charge in [0.1, 0.15) is 10.7 Å². The molecule has 5 heteroatoms. The van der Waals surface area contributed by atoms with Crippen LogP contribution in [0.3, 0.4) is 0 Å². The Bertz CT molecular complexity index is 386. The van der Waals surface area contributed by atoms with Crippen LogP contribution in [-0.2, 0) is 6.54 Å². The smallest absolute Gasteiger partial charge is 0.266 e. The van der Waals surface area contributed by atoms with E-state index in [0.29, 0.717) is 12.2 Å². The van der Waals surface area contributed by atoms with Crippen LogP contribution in [0.5, 0.6) is 0 Å². The van der Waals surface area contributed by atoms with E-state index in [1.165, 1.54) is 10.7 Å². The molecule has 0 aliphatic carbocycles. The first-order valence-electron chi connectivity index (χ1n) is 4.53. The number of thiocarbonyl (C=S) groups is 1. The molecule has 0 spiro atoms. The minimum absolute atomic E-state index is 0.113. The SMILES string of the molecule is CCCCn1nc(C(N)=S)ccc1=O. The summed E-state index contributed by atoms with van der Waals surface area (Å²) in [5.74, 6) is 0. The Hall–Kier alpha value is -1.23. The van der Waals surface area contributed by atoms with Crippen LogP contribution in [0.2, 0.25) is 0 Å². The minimum Gasteiger partial charge on any atom is -0.388 e. The molecule has 1 aromatic rings. The van der Waals surface area contributed by atoms with Crippen molar-refractivity contribution < 1.29 is 0 Å². The molecule has 0 atom stereocenters. The number of hydrogen-bond acceptors (Lipinski definition) is 3. The van der Waals surface area contributed by atoms with Crippen LogP contribution in [0.15, 0.2) is 16.9 Å². The first-order chi connectivity index (χ1) is 6.65. The van der Waals surface area contributed by atoms with Crippen molar-refractivity contribution in [3.05, 3.63) is 28.2 Å². The highest BCUT2D eigenvalue weighted by Gasteiger charge is 2.01. The third-order valence-electron chi connectivity index (χ3n) is 1.84. The van der Waals surface area contributed by atoms with Crippen molar-refractivity contribution in [2.75, 3.05) is 0 Å². The Balaban J connectivity index is 2.96. The van der Waals surface area contributed by atoms with E-state index in [0.717, 1.165) is 12.8 Å². The molecule has 4 nitrogen and oxygen atoms in total. The molecule has 1 rings (SSSR count). The summed E-state index contributed by atoms with van der Waals surface area (Å²) in [5, 5.41) is 4.05. The zero-order valence-electron chi connectivity index (χ0n) is 8.06. The first kappa shape index (κ1) is 10.8. The fraction of sp³-hybridized carbons (Fsp3) is 0.444. The molecular weight excluding hydrogens is 198 g/mol. The van der Waals surface area contributed by atoms with Crippen LogP contribution in [0.4, 0.5) is 0 Å². The van der Waals surface area contributed by atoms with Crippen molar-refractivity contribution in [3.8, 4) is 0 Å². The average molecular weight is 211 g/mol. The highest BCUT2D eigenvalue weighted by atomic mass is 32.1. The number of nitrogens with two attached hydrogens (primary N) is 1. The van der Waals surface area contributed by atoms with Crippen LogP contribution in [0.1, 0.15) is 25.5 Å². The van der Waals surface area contributed by atoms with Crippen LogP contribution in [-0.4, -0.2) is 14.8 Å². The quantitative estimate of drug-likeness (QED) is 0.744. The molecule has 76 valence electrons. The zero-order valence-corrected chi connectivity index (χ0v) is 8.88. The van der Waals surface area contributed by atoms with E-state index in [2.05, 4.69) is 12.0 Å². The first-order valence-corrected chi connectivity index (χ1v) is 4.94. The second kappa shape index (κ2) is 4.85. The normalized spacial score (nSPS) is 10.1. The van der Waals surface area contributed by atoms with Crippen molar-refractivity contribution in [1.29, 1.82) is 0 Å². The molecule has 0 saturated carbocycles. The number of hydrogen-bond donors (Lipinski definition) is 1. The summed E-state index contributed by atoms with van der Waals surface area (Å²) in [6.45, 7) is 2.67. The second-order valence-electron chi connectivity index (χ2n) is 3.00. The zero-order chi connectivity index (χ0) is 10.6. The number of aryl methyl sites for hydroxylation is 1. The molecule has 0 fully saturated rings. The average Bonchev–Trinajstić information content (AvgIpc) is 2.16. The molecule has 1 aromatic heterocycles. The third kappa shape index (κ3) is 2.63. The van der Waals surface area contributed by atoms with Crippen LogP contribution in [0.25, 0.3) is 0 Å². The van der Waals surface area contributed by atoms with Gasteiger partial charge in [0.25, 0.3) is 5.56 Å². The largest absolute Gasteiger partial charge is 0.388 e. The second-order valence-corrected chi connectivity index (χ2v) is 3.44. The van der Waals surface area contributed by atoms with E-state index in [-0.39, 0.29) is 10.5 Å². The summed E-state index contributed by atoms with van der Waals surface area (Å²) in [6, 6.07) is 2.99. The minimum atomic E-state index is -0.113.